The number of ether oxygens (including phenoxy) is 2. The Morgan fingerprint density at radius 2 is 1.86 bits per heavy atom. The van der Waals surface area contributed by atoms with E-state index in [1.165, 1.54) is 18.4 Å². The van der Waals surface area contributed by atoms with Crippen molar-refractivity contribution in [2.75, 3.05) is 39.5 Å². The van der Waals surface area contributed by atoms with Crippen molar-refractivity contribution in [2.45, 2.75) is 38.6 Å². The van der Waals surface area contributed by atoms with E-state index in [9.17, 15) is 9.59 Å². The first kappa shape index (κ1) is 19.8. The summed E-state index contributed by atoms with van der Waals surface area (Å²) in [5.74, 6) is 0.683. The molecule has 1 N–H and O–H groups in total. The van der Waals surface area contributed by atoms with Crippen molar-refractivity contribution in [1.29, 1.82) is 0 Å². The summed E-state index contributed by atoms with van der Waals surface area (Å²) in [7, 11) is 0. The molecule has 2 aliphatic heterocycles. The lowest BCUT2D eigenvalue weighted by Gasteiger charge is -2.34. The van der Waals surface area contributed by atoms with Gasteiger partial charge in [0.1, 0.15) is 0 Å². The van der Waals surface area contributed by atoms with E-state index < -0.39 is 11.8 Å². The van der Waals surface area contributed by atoms with Gasteiger partial charge >= 0.3 is 11.8 Å². The van der Waals surface area contributed by atoms with Crippen molar-refractivity contribution < 1.29 is 19.1 Å². The normalized spacial score (nSPS) is 19.0. The highest BCUT2D eigenvalue weighted by Crippen LogP contribution is 2.32. The van der Waals surface area contributed by atoms with E-state index in [1.807, 2.05) is 18.2 Å². The third kappa shape index (κ3) is 5.09. The summed E-state index contributed by atoms with van der Waals surface area (Å²) in [4.78, 5) is 28.6. The van der Waals surface area contributed by atoms with Crippen LogP contribution in [0.1, 0.15) is 37.7 Å². The van der Waals surface area contributed by atoms with E-state index in [4.69, 9.17) is 9.47 Å². The number of amides is 2. The zero-order chi connectivity index (χ0) is 20.1. The fourth-order valence-corrected chi connectivity index (χ4v) is 4.09. The van der Waals surface area contributed by atoms with Gasteiger partial charge in [-0.1, -0.05) is 17.7 Å². The number of fused-ring (bicyclic) bond motifs is 1. The van der Waals surface area contributed by atoms with E-state index in [1.54, 1.807) is 4.90 Å². The van der Waals surface area contributed by atoms with Crippen molar-refractivity contribution in [3.8, 4) is 11.5 Å². The van der Waals surface area contributed by atoms with Crippen molar-refractivity contribution in [3.63, 3.8) is 0 Å². The van der Waals surface area contributed by atoms with Crippen LogP contribution in [0.25, 0.3) is 0 Å². The smallest absolute Gasteiger partial charge is 0.311 e. The summed E-state index contributed by atoms with van der Waals surface area (Å²) in [5.41, 5.74) is 2.56. The van der Waals surface area contributed by atoms with Gasteiger partial charge in [0.05, 0.1) is 0 Å². The third-order valence-corrected chi connectivity index (χ3v) is 5.81. The van der Waals surface area contributed by atoms with E-state index in [0.717, 1.165) is 56.0 Å². The Balaban J connectivity index is 1.19. The first-order valence-electron chi connectivity index (χ1n) is 10.5. The number of benzene rings is 1. The summed E-state index contributed by atoms with van der Waals surface area (Å²) in [5, 5.41) is 2.79. The predicted octanol–water partition coefficient (Wildman–Crippen LogP) is 2.07. The zero-order valence-corrected chi connectivity index (χ0v) is 16.8. The van der Waals surface area contributed by atoms with Gasteiger partial charge in [0.25, 0.3) is 0 Å². The number of piperazine rings is 1. The second-order valence-corrected chi connectivity index (χ2v) is 7.87. The molecule has 2 heterocycles. The molecule has 1 aromatic rings. The van der Waals surface area contributed by atoms with Crippen LogP contribution >= 0.6 is 0 Å². The molecule has 0 atom stereocenters. The molecule has 4 rings (SSSR count). The quantitative estimate of drug-likeness (QED) is 0.606. The Labute approximate surface area is 171 Å². The second-order valence-electron chi connectivity index (χ2n) is 7.87. The third-order valence-electron chi connectivity index (χ3n) is 5.81. The molecule has 0 spiro atoms. The Morgan fingerprint density at radius 3 is 2.66 bits per heavy atom. The van der Waals surface area contributed by atoms with Crippen molar-refractivity contribution in [1.82, 2.24) is 15.1 Å². The molecule has 7 nitrogen and oxygen atoms in total. The van der Waals surface area contributed by atoms with Crippen LogP contribution in [0.2, 0.25) is 0 Å². The average molecular weight is 399 g/mol. The molecule has 2 amide bonds. The summed E-state index contributed by atoms with van der Waals surface area (Å²) in [6.45, 7) is 4.25. The molecular formula is C22H29N3O4. The van der Waals surface area contributed by atoms with Crippen LogP contribution in [0.4, 0.5) is 0 Å². The van der Waals surface area contributed by atoms with Gasteiger partial charge in [0.2, 0.25) is 6.79 Å². The average Bonchev–Trinajstić information content (AvgIpc) is 3.22. The van der Waals surface area contributed by atoms with E-state index in [0.29, 0.717) is 19.6 Å². The van der Waals surface area contributed by atoms with Gasteiger partial charge in [-0.2, -0.15) is 0 Å². The lowest BCUT2D eigenvalue weighted by molar-refractivity contribution is -0.147. The first-order valence-corrected chi connectivity index (χ1v) is 10.5. The van der Waals surface area contributed by atoms with Crippen LogP contribution in [0.3, 0.4) is 0 Å². The lowest BCUT2D eigenvalue weighted by atomic mass is 9.97. The molecule has 0 saturated carbocycles. The van der Waals surface area contributed by atoms with Gasteiger partial charge in [0, 0.05) is 39.3 Å². The summed E-state index contributed by atoms with van der Waals surface area (Å²) in [6, 6.07) is 5.99. The van der Waals surface area contributed by atoms with Gasteiger partial charge in [-0.15, -0.1) is 0 Å². The highest BCUT2D eigenvalue weighted by Gasteiger charge is 2.26. The molecule has 29 heavy (non-hydrogen) atoms. The molecule has 0 aromatic heterocycles. The summed E-state index contributed by atoms with van der Waals surface area (Å²) in [6.07, 6.45) is 7.87. The van der Waals surface area contributed by atoms with Gasteiger partial charge < -0.3 is 19.7 Å². The van der Waals surface area contributed by atoms with Crippen molar-refractivity contribution in [3.05, 3.63) is 35.4 Å². The Hall–Kier alpha value is -2.54. The van der Waals surface area contributed by atoms with Crippen LogP contribution in [0.5, 0.6) is 11.5 Å². The van der Waals surface area contributed by atoms with Gasteiger partial charge in [0.15, 0.2) is 11.5 Å². The maximum Gasteiger partial charge on any atom is 0.311 e. The molecule has 1 fully saturated rings. The number of carbonyl (C=O) groups is 2. The number of nitrogens with zero attached hydrogens (tertiary/aromatic N) is 2. The molecule has 3 aliphatic rings. The van der Waals surface area contributed by atoms with Crippen LogP contribution in [-0.2, 0) is 16.1 Å². The zero-order valence-electron chi connectivity index (χ0n) is 16.8. The molecular weight excluding hydrogens is 370 g/mol. The van der Waals surface area contributed by atoms with Gasteiger partial charge in [-0.25, -0.2) is 0 Å². The van der Waals surface area contributed by atoms with Gasteiger partial charge in [-0.05, 0) is 49.8 Å². The molecule has 1 saturated heterocycles. The molecule has 7 heteroatoms. The Bertz CT molecular complexity index is 784. The standard InChI is InChI=1S/C22H29N3O4/c26-21(23-9-8-17-4-2-1-3-5-17)22(27)25-12-10-24(11-13-25)15-18-6-7-19-20(14-18)29-16-28-19/h4,6-7,14H,1-3,5,8-13,15-16H2,(H,23,26). The maximum absolute atomic E-state index is 12.4. The van der Waals surface area contributed by atoms with Crippen molar-refractivity contribution >= 4 is 11.8 Å². The Morgan fingerprint density at radius 1 is 1.03 bits per heavy atom. The molecule has 156 valence electrons. The predicted molar refractivity (Wildman–Crippen MR) is 109 cm³/mol. The largest absolute Gasteiger partial charge is 0.454 e. The molecule has 1 aromatic carbocycles. The summed E-state index contributed by atoms with van der Waals surface area (Å²) < 4.78 is 10.8. The second kappa shape index (κ2) is 9.31. The summed E-state index contributed by atoms with van der Waals surface area (Å²) >= 11 is 0. The number of carbonyl (C=O) groups excluding carboxylic acids is 2. The monoisotopic (exact) mass is 399 g/mol. The SMILES string of the molecule is O=C(NCCC1=CCCCC1)C(=O)N1CCN(Cc2ccc3c(c2)OCO3)CC1. The first-order chi connectivity index (χ1) is 14.2. The molecule has 0 radical (unpaired) electrons. The molecule has 0 unspecified atom stereocenters. The topological polar surface area (TPSA) is 71.1 Å². The van der Waals surface area contributed by atoms with E-state index in [-0.39, 0.29) is 6.79 Å². The fraction of sp³-hybridized carbons (Fsp3) is 0.545. The van der Waals surface area contributed by atoms with Crippen LogP contribution < -0.4 is 14.8 Å². The highest BCUT2D eigenvalue weighted by atomic mass is 16.7. The van der Waals surface area contributed by atoms with E-state index >= 15 is 0 Å². The minimum atomic E-state index is -0.481. The fourth-order valence-electron chi connectivity index (χ4n) is 4.09. The lowest BCUT2D eigenvalue weighted by Crippen LogP contribution is -2.52. The van der Waals surface area contributed by atoms with Crippen LogP contribution in [0.15, 0.2) is 29.8 Å². The molecule has 1 aliphatic carbocycles. The Kier molecular flexibility index (Phi) is 6.34. The van der Waals surface area contributed by atoms with Crippen LogP contribution in [0, 0.1) is 0 Å². The minimum absolute atomic E-state index is 0.277. The van der Waals surface area contributed by atoms with Gasteiger partial charge in [-0.3, -0.25) is 14.5 Å². The van der Waals surface area contributed by atoms with Crippen LogP contribution in [-0.4, -0.2) is 61.1 Å². The highest BCUT2D eigenvalue weighted by molar-refractivity contribution is 6.35. The number of nitrogens with one attached hydrogen (secondary N) is 1. The number of allylic oxidation sites excluding steroid dienone is 1. The number of rotatable bonds is 5. The van der Waals surface area contributed by atoms with E-state index in [2.05, 4.69) is 16.3 Å². The minimum Gasteiger partial charge on any atom is -0.454 e. The molecule has 0 bridgehead atoms. The van der Waals surface area contributed by atoms with Crippen molar-refractivity contribution in [2.24, 2.45) is 0 Å². The number of hydrogen-bond donors (Lipinski definition) is 1. The maximum atomic E-state index is 12.4. The number of hydrogen-bond acceptors (Lipinski definition) is 5.